The monoisotopic (exact) mass is 463 g/mol. The number of oxazole rings is 1. The molecule has 0 radical (unpaired) electrons. The molecule has 1 amide bonds. The lowest BCUT2D eigenvalue weighted by atomic mass is 10.1. The number of hydrogen-bond donors (Lipinski definition) is 1. The molecule has 1 aromatic heterocycles. The van der Waals surface area contributed by atoms with E-state index in [-0.39, 0.29) is 5.91 Å². The minimum atomic E-state index is 0.0570. The van der Waals surface area contributed by atoms with Crippen molar-refractivity contribution >= 4 is 17.7 Å². The molecule has 1 aliphatic heterocycles. The summed E-state index contributed by atoms with van der Waals surface area (Å²) in [6.07, 6.45) is 4.83. The summed E-state index contributed by atoms with van der Waals surface area (Å²) in [5, 5.41) is 2.99. The molecule has 2 heterocycles. The van der Waals surface area contributed by atoms with Crippen molar-refractivity contribution in [2.45, 2.75) is 44.9 Å². The quantitative estimate of drug-likeness (QED) is 0.446. The van der Waals surface area contributed by atoms with E-state index in [1.54, 1.807) is 11.8 Å². The highest BCUT2D eigenvalue weighted by atomic mass is 32.2. The molecule has 1 saturated heterocycles. The summed E-state index contributed by atoms with van der Waals surface area (Å²) in [5.74, 6) is 2.61. The van der Waals surface area contributed by atoms with E-state index in [2.05, 4.69) is 46.6 Å². The molecule has 1 fully saturated rings. The first kappa shape index (κ1) is 23.6. The van der Waals surface area contributed by atoms with Crippen molar-refractivity contribution in [3.63, 3.8) is 0 Å². The molecule has 0 saturated carbocycles. The van der Waals surface area contributed by atoms with Gasteiger partial charge in [0.1, 0.15) is 5.76 Å². The van der Waals surface area contributed by atoms with Gasteiger partial charge in [0.15, 0.2) is 0 Å². The number of benzene rings is 2. The van der Waals surface area contributed by atoms with E-state index in [9.17, 15) is 4.79 Å². The summed E-state index contributed by atoms with van der Waals surface area (Å²) < 4.78 is 5.93. The number of nitrogens with one attached hydrogen (secondary N) is 1. The number of nitrogens with zero attached hydrogens (tertiary/aromatic N) is 2. The highest BCUT2D eigenvalue weighted by Crippen LogP contribution is 2.25. The average Bonchev–Trinajstić information content (AvgIpc) is 3.21. The molecule has 0 atom stereocenters. The summed E-state index contributed by atoms with van der Waals surface area (Å²) in [7, 11) is 0. The van der Waals surface area contributed by atoms with E-state index in [1.165, 1.54) is 43.5 Å². The second-order valence-corrected chi connectivity index (χ2v) is 9.62. The SMILES string of the molecule is Cc1oc(-c2ccc(CN3CCCCC3)cc2)nc1CSCC(=O)NCCc1ccccc1. The van der Waals surface area contributed by atoms with Gasteiger partial charge in [-0.2, -0.15) is 0 Å². The summed E-state index contributed by atoms with van der Waals surface area (Å²) in [5.41, 5.74) is 4.47. The topological polar surface area (TPSA) is 58.4 Å². The number of amides is 1. The summed E-state index contributed by atoms with van der Waals surface area (Å²) in [4.78, 5) is 19.4. The maximum atomic E-state index is 12.1. The van der Waals surface area contributed by atoms with Crippen LogP contribution in [0.3, 0.4) is 0 Å². The Hall–Kier alpha value is -2.57. The number of hydrogen-bond acceptors (Lipinski definition) is 5. The maximum absolute atomic E-state index is 12.1. The predicted octanol–water partition coefficient (Wildman–Crippen LogP) is 5.23. The number of rotatable bonds is 10. The number of thioether (sulfide) groups is 1. The first-order chi connectivity index (χ1) is 16.2. The Morgan fingerprint density at radius 3 is 2.55 bits per heavy atom. The van der Waals surface area contributed by atoms with Gasteiger partial charge in [-0.3, -0.25) is 9.69 Å². The highest BCUT2D eigenvalue weighted by Gasteiger charge is 2.14. The Bertz CT molecular complexity index is 1010. The summed E-state index contributed by atoms with van der Waals surface area (Å²) >= 11 is 1.57. The normalized spacial score (nSPS) is 14.3. The smallest absolute Gasteiger partial charge is 0.230 e. The Morgan fingerprint density at radius 1 is 1.03 bits per heavy atom. The first-order valence-electron chi connectivity index (χ1n) is 11.8. The molecule has 0 unspecified atom stereocenters. The zero-order chi connectivity index (χ0) is 22.9. The van der Waals surface area contributed by atoms with Gasteiger partial charge in [0, 0.05) is 24.4 Å². The van der Waals surface area contributed by atoms with E-state index in [0.29, 0.717) is 23.9 Å². The highest BCUT2D eigenvalue weighted by molar-refractivity contribution is 7.99. The molecular formula is C27H33N3O2S. The number of aryl methyl sites for hydroxylation is 1. The van der Waals surface area contributed by atoms with Gasteiger partial charge < -0.3 is 9.73 Å². The fourth-order valence-electron chi connectivity index (χ4n) is 4.10. The maximum Gasteiger partial charge on any atom is 0.230 e. The third-order valence-electron chi connectivity index (χ3n) is 6.00. The van der Waals surface area contributed by atoms with Gasteiger partial charge in [0.25, 0.3) is 0 Å². The molecule has 6 heteroatoms. The van der Waals surface area contributed by atoms with Crippen LogP contribution in [0, 0.1) is 6.92 Å². The average molecular weight is 464 g/mol. The van der Waals surface area contributed by atoms with Crippen LogP contribution in [0.2, 0.25) is 0 Å². The molecule has 0 spiro atoms. The fraction of sp³-hybridized carbons (Fsp3) is 0.407. The summed E-state index contributed by atoms with van der Waals surface area (Å²) in [6, 6.07) is 18.7. The number of carbonyl (C=O) groups is 1. The second kappa shape index (κ2) is 12.1. The summed E-state index contributed by atoms with van der Waals surface area (Å²) in [6.45, 7) is 6.01. The lowest BCUT2D eigenvalue weighted by molar-refractivity contribution is -0.118. The lowest BCUT2D eigenvalue weighted by Gasteiger charge is -2.26. The van der Waals surface area contributed by atoms with Gasteiger partial charge in [-0.25, -0.2) is 4.98 Å². The largest absolute Gasteiger partial charge is 0.441 e. The molecule has 4 rings (SSSR count). The van der Waals surface area contributed by atoms with E-state index >= 15 is 0 Å². The van der Waals surface area contributed by atoms with Gasteiger partial charge in [-0.05, 0) is 62.5 Å². The standard InChI is InChI=1S/C27H33N3O2S/c1-21-25(19-33-20-26(31)28-15-14-22-8-4-2-5-9-22)29-27(32-21)24-12-10-23(11-13-24)18-30-16-6-3-7-17-30/h2,4-5,8-13H,3,6-7,14-20H2,1H3,(H,28,31). The zero-order valence-electron chi connectivity index (χ0n) is 19.4. The van der Waals surface area contributed by atoms with Crippen molar-refractivity contribution in [1.82, 2.24) is 15.2 Å². The molecule has 174 valence electrons. The number of likely N-dealkylation sites (tertiary alicyclic amines) is 1. The Balaban J connectivity index is 1.22. The van der Waals surface area contributed by atoms with Gasteiger partial charge in [0.2, 0.25) is 11.8 Å². The molecule has 33 heavy (non-hydrogen) atoms. The van der Waals surface area contributed by atoms with Crippen molar-refractivity contribution in [1.29, 1.82) is 0 Å². The van der Waals surface area contributed by atoms with Crippen LogP contribution in [0.5, 0.6) is 0 Å². The predicted molar refractivity (Wildman–Crippen MR) is 135 cm³/mol. The molecule has 0 aliphatic carbocycles. The third kappa shape index (κ3) is 7.21. The van der Waals surface area contributed by atoms with Crippen LogP contribution in [0.1, 0.15) is 41.8 Å². The van der Waals surface area contributed by atoms with Crippen LogP contribution in [0.4, 0.5) is 0 Å². The van der Waals surface area contributed by atoms with Gasteiger partial charge in [0.05, 0.1) is 11.4 Å². The molecular weight excluding hydrogens is 430 g/mol. The zero-order valence-corrected chi connectivity index (χ0v) is 20.2. The Morgan fingerprint density at radius 2 is 1.79 bits per heavy atom. The van der Waals surface area contributed by atoms with Crippen LogP contribution in [0.15, 0.2) is 59.0 Å². The molecule has 2 aromatic carbocycles. The fourth-order valence-corrected chi connectivity index (χ4v) is 4.95. The van der Waals surface area contributed by atoms with Crippen molar-refractivity contribution in [2.75, 3.05) is 25.4 Å². The van der Waals surface area contributed by atoms with E-state index in [0.717, 1.165) is 30.0 Å². The lowest BCUT2D eigenvalue weighted by Crippen LogP contribution is -2.28. The number of aromatic nitrogens is 1. The second-order valence-electron chi connectivity index (χ2n) is 8.63. The van der Waals surface area contributed by atoms with Crippen molar-refractivity contribution in [3.8, 4) is 11.5 Å². The number of piperidine rings is 1. The van der Waals surface area contributed by atoms with E-state index < -0.39 is 0 Å². The molecule has 1 aliphatic rings. The Labute approximate surface area is 201 Å². The van der Waals surface area contributed by atoms with Crippen LogP contribution in [-0.4, -0.2) is 41.2 Å². The van der Waals surface area contributed by atoms with Gasteiger partial charge >= 0.3 is 0 Å². The molecule has 5 nitrogen and oxygen atoms in total. The molecule has 1 N–H and O–H groups in total. The van der Waals surface area contributed by atoms with Crippen LogP contribution in [0.25, 0.3) is 11.5 Å². The minimum absolute atomic E-state index is 0.0570. The van der Waals surface area contributed by atoms with E-state index in [4.69, 9.17) is 9.40 Å². The van der Waals surface area contributed by atoms with Crippen molar-refractivity contribution in [3.05, 3.63) is 77.2 Å². The van der Waals surface area contributed by atoms with Crippen molar-refractivity contribution in [2.24, 2.45) is 0 Å². The first-order valence-corrected chi connectivity index (χ1v) is 13.0. The number of carbonyl (C=O) groups excluding carboxylic acids is 1. The van der Waals surface area contributed by atoms with Gasteiger partial charge in [-0.1, -0.05) is 48.9 Å². The van der Waals surface area contributed by atoms with E-state index in [1.807, 2.05) is 25.1 Å². The third-order valence-corrected chi connectivity index (χ3v) is 6.94. The molecule has 0 bridgehead atoms. The van der Waals surface area contributed by atoms with Crippen LogP contribution < -0.4 is 5.32 Å². The Kier molecular flexibility index (Phi) is 8.61. The van der Waals surface area contributed by atoms with Gasteiger partial charge in [-0.15, -0.1) is 11.8 Å². The molecule has 3 aromatic rings. The van der Waals surface area contributed by atoms with Crippen molar-refractivity contribution < 1.29 is 9.21 Å². The van der Waals surface area contributed by atoms with Crippen LogP contribution in [-0.2, 0) is 23.5 Å². The minimum Gasteiger partial charge on any atom is -0.441 e. The van der Waals surface area contributed by atoms with Crippen LogP contribution >= 0.6 is 11.8 Å².